The SMILES string of the molecule is CCN(CC)C(=O)c1cnn(-c2ccc(=O)[nH]n2)c1C(F)(F)F. The molecule has 0 spiro atoms. The van der Waals surface area contributed by atoms with Crippen LogP contribution in [-0.2, 0) is 6.18 Å². The quantitative estimate of drug-likeness (QED) is 0.920. The summed E-state index contributed by atoms with van der Waals surface area (Å²) in [5.41, 5.74) is -2.35. The van der Waals surface area contributed by atoms with Crippen LogP contribution in [0, 0.1) is 0 Å². The van der Waals surface area contributed by atoms with E-state index < -0.39 is 28.9 Å². The van der Waals surface area contributed by atoms with Gasteiger partial charge in [-0.3, -0.25) is 9.59 Å². The molecule has 1 N–H and O–H groups in total. The fraction of sp³-hybridized carbons (Fsp3) is 0.385. The van der Waals surface area contributed by atoms with Gasteiger partial charge in [0.25, 0.3) is 11.5 Å². The lowest BCUT2D eigenvalue weighted by atomic mass is 10.2. The van der Waals surface area contributed by atoms with Gasteiger partial charge in [0.05, 0.1) is 11.8 Å². The molecule has 0 radical (unpaired) electrons. The monoisotopic (exact) mass is 329 g/mol. The Kier molecular flexibility index (Phi) is 4.52. The fourth-order valence-electron chi connectivity index (χ4n) is 2.09. The molecular weight excluding hydrogens is 315 g/mol. The highest BCUT2D eigenvalue weighted by Gasteiger charge is 2.41. The van der Waals surface area contributed by atoms with Gasteiger partial charge in [0, 0.05) is 19.2 Å². The van der Waals surface area contributed by atoms with E-state index in [1.165, 1.54) is 4.90 Å². The van der Waals surface area contributed by atoms with E-state index in [2.05, 4.69) is 10.2 Å². The lowest BCUT2D eigenvalue weighted by molar-refractivity contribution is -0.143. The molecule has 2 aromatic heterocycles. The summed E-state index contributed by atoms with van der Waals surface area (Å²) in [6.07, 6.45) is -3.96. The molecule has 0 aromatic carbocycles. The molecular formula is C13H14F3N5O2. The highest BCUT2D eigenvalue weighted by Crippen LogP contribution is 2.33. The molecule has 23 heavy (non-hydrogen) atoms. The molecule has 0 aliphatic rings. The van der Waals surface area contributed by atoms with Crippen molar-refractivity contribution >= 4 is 5.91 Å². The normalized spacial score (nSPS) is 11.5. The van der Waals surface area contributed by atoms with Crippen molar-refractivity contribution in [2.45, 2.75) is 20.0 Å². The Morgan fingerprint density at radius 2 is 1.96 bits per heavy atom. The summed E-state index contributed by atoms with van der Waals surface area (Å²) in [6.45, 7) is 3.88. The van der Waals surface area contributed by atoms with Crippen molar-refractivity contribution in [3.8, 4) is 5.82 Å². The number of hydrogen-bond acceptors (Lipinski definition) is 4. The second-order valence-corrected chi connectivity index (χ2v) is 4.57. The van der Waals surface area contributed by atoms with Crippen molar-refractivity contribution in [1.82, 2.24) is 24.9 Å². The first-order valence-electron chi connectivity index (χ1n) is 6.80. The number of halogens is 3. The van der Waals surface area contributed by atoms with Crippen LogP contribution in [0.25, 0.3) is 5.82 Å². The summed E-state index contributed by atoms with van der Waals surface area (Å²) in [7, 11) is 0. The standard InChI is InChI=1S/C13H14F3N5O2/c1-3-20(4-2)12(23)8-7-17-21(11(8)13(14,15)16)9-5-6-10(22)19-18-9/h5-7H,3-4H2,1-2H3,(H,19,22). The van der Waals surface area contributed by atoms with Gasteiger partial charge >= 0.3 is 6.18 Å². The lowest BCUT2D eigenvalue weighted by Gasteiger charge is -2.19. The third-order valence-electron chi connectivity index (χ3n) is 3.20. The van der Waals surface area contributed by atoms with Crippen molar-refractivity contribution < 1.29 is 18.0 Å². The summed E-state index contributed by atoms with van der Waals surface area (Å²) in [4.78, 5) is 24.5. The van der Waals surface area contributed by atoms with E-state index >= 15 is 0 Å². The van der Waals surface area contributed by atoms with E-state index in [1.54, 1.807) is 13.8 Å². The number of amides is 1. The zero-order valence-corrected chi connectivity index (χ0v) is 12.4. The maximum Gasteiger partial charge on any atom is 0.434 e. The minimum absolute atomic E-state index is 0.240. The predicted octanol–water partition coefficient (Wildman–Crippen LogP) is 1.46. The molecule has 2 rings (SSSR count). The van der Waals surface area contributed by atoms with Gasteiger partial charge in [0.15, 0.2) is 11.5 Å². The van der Waals surface area contributed by atoms with E-state index in [0.717, 1.165) is 18.3 Å². The highest BCUT2D eigenvalue weighted by molar-refractivity contribution is 5.95. The van der Waals surface area contributed by atoms with Gasteiger partial charge in [-0.25, -0.2) is 9.78 Å². The summed E-state index contributed by atoms with van der Waals surface area (Å²) in [5, 5.41) is 9.17. The van der Waals surface area contributed by atoms with Crippen LogP contribution in [0.5, 0.6) is 0 Å². The molecule has 124 valence electrons. The van der Waals surface area contributed by atoms with Gasteiger partial charge < -0.3 is 4.90 Å². The van der Waals surface area contributed by atoms with Crippen LogP contribution in [0.3, 0.4) is 0 Å². The smallest absolute Gasteiger partial charge is 0.339 e. The van der Waals surface area contributed by atoms with E-state index in [1.807, 2.05) is 5.10 Å². The molecule has 0 fully saturated rings. The van der Waals surface area contributed by atoms with Gasteiger partial charge in [0.1, 0.15) is 0 Å². The maximum atomic E-state index is 13.4. The first-order valence-corrected chi connectivity index (χ1v) is 6.80. The molecule has 0 unspecified atom stereocenters. The average molecular weight is 329 g/mol. The van der Waals surface area contributed by atoms with E-state index in [-0.39, 0.29) is 18.9 Å². The Hall–Kier alpha value is -2.65. The van der Waals surface area contributed by atoms with Gasteiger partial charge in [-0.2, -0.15) is 23.4 Å². The zero-order valence-electron chi connectivity index (χ0n) is 12.4. The second-order valence-electron chi connectivity index (χ2n) is 4.57. The van der Waals surface area contributed by atoms with Crippen molar-refractivity contribution in [1.29, 1.82) is 0 Å². The fourth-order valence-corrected chi connectivity index (χ4v) is 2.09. The number of hydrogen-bond donors (Lipinski definition) is 1. The summed E-state index contributed by atoms with van der Waals surface area (Å²) in [5.74, 6) is -1.01. The highest BCUT2D eigenvalue weighted by atomic mass is 19.4. The van der Waals surface area contributed by atoms with Crippen molar-refractivity contribution in [3.05, 3.63) is 39.9 Å². The number of H-pyrrole nitrogens is 1. The van der Waals surface area contributed by atoms with Crippen LogP contribution in [0.15, 0.2) is 23.1 Å². The largest absolute Gasteiger partial charge is 0.434 e. The number of carbonyl (C=O) groups is 1. The number of aromatic amines is 1. The van der Waals surface area contributed by atoms with Crippen LogP contribution in [0.1, 0.15) is 29.9 Å². The number of nitrogens with one attached hydrogen (secondary N) is 1. The van der Waals surface area contributed by atoms with Gasteiger partial charge in [-0.15, -0.1) is 0 Å². The maximum absolute atomic E-state index is 13.4. The number of alkyl halides is 3. The van der Waals surface area contributed by atoms with Gasteiger partial charge in [0.2, 0.25) is 0 Å². The van der Waals surface area contributed by atoms with Crippen LogP contribution in [0.2, 0.25) is 0 Å². The molecule has 7 nitrogen and oxygen atoms in total. The van der Waals surface area contributed by atoms with Crippen LogP contribution in [0.4, 0.5) is 13.2 Å². The molecule has 2 heterocycles. The van der Waals surface area contributed by atoms with Crippen LogP contribution >= 0.6 is 0 Å². The second kappa shape index (κ2) is 6.23. The van der Waals surface area contributed by atoms with E-state index in [4.69, 9.17) is 0 Å². The Morgan fingerprint density at radius 1 is 1.30 bits per heavy atom. The number of aromatic nitrogens is 4. The first-order chi connectivity index (χ1) is 10.8. The van der Waals surface area contributed by atoms with E-state index in [0.29, 0.717) is 4.68 Å². The molecule has 2 aromatic rings. The minimum Gasteiger partial charge on any atom is -0.339 e. The summed E-state index contributed by atoms with van der Waals surface area (Å²) >= 11 is 0. The van der Waals surface area contributed by atoms with E-state index in [9.17, 15) is 22.8 Å². The number of nitrogens with zero attached hydrogens (tertiary/aromatic N) is 4. The van der Waals surface area contributed by atoms with Gasteiger partial charge in [-0.1, -0.05) is 0 Å². The van der Waals surface area contributed by atoms with Gasteiger partial charge in [-0.05, 0) is 19.9 Å². The van der Waals surface area contributed by atoms with Crippen LogP contribution < -0.4 is 5.56 Å². The number of rotatable bonds is 4. The molecule has 0 bridgehead atoms. The molecule has 0 aliphatic carbocycles. The van der Waals surface area contributed by atoms with Crippen molar-refractivity contribution in [2.75, 3.05) is 13.1 Å². The molecule has 1 amide bonds. The molecule has 0 atom stereocenters. The average Bonchev–Trinajstić information content (AvgIpc) is 2.94. The summed E-state index contributed by atoms with van der Waals surface area (Å²) < 4.78 is 40.7. The number of carbonyl (C=O) groups excluding carboxylic acids is 1. The molecule has 10 heteroatoms. The van der Waals surface area contributed by atoms with Crippen molar-refractivity contribution in [3.63, 3.8) is 0 Å². The lowest BCUT2D eigenvalue weighted by Crippen LogP contribution is -2.32. The molecule has 0 saturated carbocycles. The topological polar surface area (TPSA) is 83.9 Å². The third kappa shape index (κ3) is 3.25. The Labute approximate surface area is 128 Å². The Morgan fingerprint density at radius 3 is 2.43 bits per heavy atom. The first kappa shape index (κ1) is 16.7. The van der Waals surface area contributed by atoms with Crippen LogP contribution in [-0.4, -0.2) is 43.9 Å². The molecule has 0 aliphatic heterocycles. The minimum atomic E-state index is -4.81. The summed E-state index contributed by atoms with van der Waals surface area (Å²) in [6, 6.07) is 2.11. The third-order valence-corrected chi connectivity index (χ3v) is 3.20. The Balaban J connectivity index is 2.60. The Bertz CT molecular complexity index is 741. The van der Waals surface area contributed by atoms with Crippen molar-refractivity contribution in [2.24, 2.45) is 0 Å². The molecule has 0 saturated heterocycles. The predicted molar refractivity (Wildman–Crippen MR) is 74.2 cm³/mol. The zero-order chi connectivity index (χ0) is 17.2.